The highest BCUT2D eigenvalue weighted by atomic mass is 32.2. The molecular weight excluding hydrogens is 378 g/mol. The van der Waals surface area contributed by atoms with Crippen LogP contribution in [0.4, 0.5) is 0 Å². The van der Waals surface area contributed by atoms with E-state index in [1.54, 1.807) is 13.8 Å². The van der Waals surface area contributed by atoms with E-state index < -0.39 is 10.0 Å². The van der Waals surface area contributed by atoms with Crippen LogP contribution >= 0.6 is 0 Å². The number of sulfonamides is 1. The van der Waals surface area contributed by atoms with Gasteiger partial charge in [-0.05, 0) is 63.1 Å². The fraction of sp³-hybridized carbons (Fsp3) is 0.500. The molecule has 1 heterocycles. The van der Waals surface area contributed by atoms with Gasteiger partial charge in [-0.15, -0.1) is 0 Å². The van der Waals surface area contributed by atoms with Gasteiger partial charge in [0.25, 0.3) is 0 Å². The van der Waals surface area contributed by atoms with Crippen LogP contribution in [-0.2, 0) is 27.7 Å². The maximum absolute atomic E-state index is 12.4. The summed E-state index contributed by atoms with van der Waals surface area (Å²) in [6.45, 7) is 5.06. The van der Waals surface area contributed by atoms with E-state index in [-0.39, 0.29) is 35.6 Å². The molecule has 1 aliphatic carbocycles. The van der Waals surface area contributed by atoms with E-state index in [1.807, 2.05) is 6.92 Å². The van der Waals surface area contributed by atoms with Gasteiger partial charge in [0.15, 0.2) is 5.76 Å². The van der Waals surface area contributed by atoms with Crippen molar-refractivity contribution in [2.45, 2.75) is 63.8 Å². The first kappa shape index (κ1) is 20.5. The Morgan fingerprint density at radius 2 is 1.93 bits per heavy atom. The van der Waals surface area contributed by atoms with E-state index in [0.717, 1.165) is 18.4 Å². The Morgan fingerprint density at radius 1 is 1.21 bits per heavy atom. The molecule has 2 N–H and O–H groups in total. The van der Waals surface area contributed by atoms with Gasteiger partial charge < -0.3 is 9.84 Å². The van der Waals surface area contributed by atoms with Crippen molar-refractivity contribution in [3.63, 3.8) is 0 Å². The largest absolute Gasteiger partial charge is 0.360 e. The monoisotopic (exact) mass is 405 g/mol. The number of aryl methyl sites for hydroxylation is 4. The zero-order valence-corrected chi connectivity index (χ0v) is 17.4. The summed E-state index contributed by atoms with van der Waals surface area (Å²) in [6.07, 6.45) is 4.72. The molecule has 7 nitrogen and oxygen atoms in total. The Balaban J connectivity index is 1.53. The summed E-state index contributed by atoms with van der Waals surface area (Å²) in [6, 6.07) is 6.28. The normalized spacial score (nSPS) is 15.1. The van der Waals surface area contributed by atoms with Crippen LogP contribution in [0.3, 0.4) is 0 Å². The summed E-state index contributed by atoms with van der Waals surface area (Å²) in [7, 11) is -3.75. The number of hydrogen-bond donors (Lipinski definition) is 2. The van der Waals surface area contributed by atoms with Gasteiger partial charge in [-0.3, -0.25) is 4.79 Å². The van der Waals surface area contributed by atoms with Crippen LogP contribution in [-0.4, -0.2) is 26.0 Å². The van der Waals surface area contributed by atoms with E-state index in [1.165, 1.54) is 24.0 Å². The number of aromatic nitrogens is 1. The molecule has 0 fully saturated rings. The van der Waals surface area contributed by atoms with Gasteiger partial charge in [0, 0.05) is 13.0 Å². The summed E-state index contributed by atoms with van der Waals surface area (Å²) >= 11 is 0. The molecule has 1 aliphatic rings. The second-order valence-corrected chi connectivity index (χ2v) is 9.03. The van der Waals surface area contributed by atoms with Crippen molar-refractivity contribution in [1.82, 2.24) is 15.2 Å². The van der Waals surface area contributed by atoms with E-state index in [9.17, 15) is 13.2 Å². The van der Waals surface area contributed by atoms with Gasteiger partial charge in [-0.1, -0.05) is 23.4 Å². The first-order valence-corrected chi connectivity index (χ1v) is 11.1. The topological polar surface area (TPSA) is 101 Å². The molecule has 1 atom stereocenters. The molecule has 0 bridgehead atoms. The Hall–Kier alpha value is -2.19. The highest BCUT2D eigenvalue weighted by Crippen LogP contribution is 2.25. The number of nitrogens with one attached hydrogen (secondary N) is 2. The molecule has 0 unspecified atom stereocenters. The maximum atomic E-state index is 12.4. The molecule has 2 aromatic rings. The second kappa shape index (κ2) is 8.45. The number of nitrogens with zero attached hydrogens (tertiary/aromatic N) is 1. The number of hydrogen-bond acceptors (Lipinski definition) is 5. The lowest BCUT2D eigenvalue weighted by Gasteiger charge is -2.20. The molecule has 1 amide bonds. The van der Waals surface area contributed by atoms with Crippen LogP contribution in [0.5, 0.6) is 0 Å². The summed E-state index contributed by atoms with van der Waals surface area (Å²) < 4.78 is 32.0. The molecule has 0 radical (unpaired) electrons. The van der Waals surface area contributed by atoms with Crippen LogP contribution in [0.2, 0.25) is 0 Å². The minimum Gasteiger partial charge on any atom is -0.360 e. The average Bonchev–Trinajstić information content (AvgIpc) is 3.00. The quantitative estimate of drug-likeness (QED) is 0.737. The van der Waals surface area contributed by atoms with Crippen molar-refractivity contribution in [1.29, 1.82) is 0 Å². The Labute approximate surface area is 165 Å². The van der Waals surface area contributed by atoms with Gasteiger partial charge in [0.05, 0.1) is 6.04 Å². The van der Waals surface area contributed by atoms with Crippen molar-refractivity contribution in [3.05, 3.63) is 46.3 Å². The predicted octanol–water partition coefficient (Wildman–Crippen LogP) is 2.72. The van der Waals surface area contributed by atoms with Gasteiger partial charge in [0.2, 0.25) is 15.9 Å². The summed E-state index contributed by atoms with van der Waals surface area (Å²) in [5.41, 5.74) is 4.15. The van der Waals surface area contributed by atoms with Gasteiger partial charge in [0.1, 0.15) is 10.6 Å². The maximum Gasteiger partial charge on any atom is 0.245 e. The summed E-state index contributed by atoms with van der Waals surface area (Å²) in [5, 5.41) is 6.60. The third kappa shape index (κ3) is 4.62. The van der Waals surface area contributed by atoms with Gasteiger partial charge in [-0.2, -0.15) is 0 Å². The van der Waals surface area contributed by atoms with Crippen molar-refractivity contribution in [2.24, 2.45) is 0 Å². The SMILES string of the molecule is Cc1noc(C)c1S(=O)(=O)NCCC(=O)N[C@H](C)c1ccc2c(c1)CCCC2. The third-order valence-electron chi connectivity index (χ3n) is 5.13. The lowest BCUT2D eigenvalue weighted by atomic mass is 9.89. The second-order valence-electron chi connectivity index (χ2n) is 7.33. The smallest absolute Gasteiger partial charge is 0.245 e. The molecule has 1 aromatic heterocycles. The molecule has 28 heavy (non-hydrogen) atoms. The Bertz CT molecular complexity index is 946. The number of fused-ring (bicyclic) bond motifs is 1. The van der Waals surface area contributed by atoms with Crippen LogP contribution in [0.25, 0.3) is 0 Å². The molecule has 8 heteroatoms. The fourth-order valence-electron chi connectivity index (χ4n) is 3.65. The summed E-state index contributed by atoms with van der Waals surface area (Å²) in [4.78, 5) is 12.3. The Kier molecular flexibility index (Phi) is 6.20. The first-order valence-electron chi connectivity index (χ1n) is 9.61. The minimum absolute atomic E-state index is 0.00906. The van der Waals surface area contributed by atoms with Crippen molar-refractivity contribution in [3.8, 4) is 0 Å². The van der Waals surface area contributed by atoms with Crippen molar-refractivity contribution < 1.29 is 17.7 Å². The lowest BCUT2D eigenvalue weighted by molar-refractivity contribution is -0.121. The van der Waals surface area contributed by atoms with Crippen LogP contribution in [0, 0.1) is 13.8 Å². The molecular formula is C20H27N3O4S. The number of amides is 1. The highest BCUT2D eigenvalue weighted by molar-refractivity contribution is 7.89. The van der Waals surface area contributed by atoms with E-state index >= 15 is 0 Å². The molecule has 152 valence electrons. The van der Waals surface area contributed by atoms with Gasteiger partial charge >= 0.3 is 0 Å². The zero-order valence-electron chi connectivity index (χ0n) is 16.5. The third-order valence-corrected chi connectivity index (χ3v) is 6.84. The molecule has 0 saturated heterocycles. The van der Waals surface area contributed by atoms with Crippen molar-refractivity contribution >= 4 is 15.9 Å². The zero-order chi connectivity index (χ0) is 20.3. The molecule has 1 aromatic carbocycles. The van der Waals surface area contributed by atoms with Crippen LogP contribution < -0.4 is 10.0 Å². The molecule has 0 saturated carbocycles. The van der Waals surface area contributed by atoms with Crippen LogP contribution in [0.1, 0.15) is 60.4 Å². The standard InChI is InChI=1S/C20H27N3O4S/c1-13(17-9-8-16-6-4-5-7-18(16)12-17)22-19(24)10-11-21-28(25,26)20-14(2)23-27-15(20)3/h8-9,12-13,21H,4-7,10-11H2,1-3H3,(H,22,24)/t13-/m1/s1. The van der Waals surface area contributed by atoms with E-state index in [4.69, 9.17) is 4.52 Å². The average molecular weight is 406 g/mol. The predicted molar refractivity (Wildman–Crippen MR) is 105 cm³/mol. The lowest BCUT2D eigenvalue weighted by Crippen LogP contribution is -2.32. The number of carbonyl (C=O) groups excluding carboxylic acids is 1. The summed E-state index contributed by atoms with van der Waals surface area (Å²) in [5.74, 6) is 0.0298. The van der Waals surface area contributed by atoms with Crippen molar-refractivity contribution in [2.75, 3.05) is 6.54 Å². The first-order chi connectivity index (χ1) is 13.3. The van der Waals surface area contributed by atoms with E-state index in [2.05, 4.69) is 33.4 Å². The number of benzene rings is 1. The fourth-order valence-corrected chi connectivity index (χ4v) is 5.01. The highest BCUT2D eigenvalue weighted by Gasteiger charge is 2.24. The van der Waals surface area contributed by atoms with E-state index in [0.29, 0.717) is 5.69 Å². The number of rotatable bonds is 7. The number of carbonyl (C=O) groups is 1. The molecule has 0 aliphatic heterocycles. The van der Waals surface area contributed by atoms with Gasteiger partial charge in [-0.25, -0.2) is 13.1 Å². The Morgan fingerprint density at radius 3 is 2.61 bits per heavy atom. The minimum atomic E-state index is -3.75. The van der Waals surface area contributed by atoms with Crippen LogP contribution in [0.15, 0.2) is 27.6 Å². The molecule has 3 rings (SSSR count). The molecule has 0 spiro atoms.